The second kappa shape index (κ2) is 3.88. The first-order valence-electron chi connectivity index (χ1n) is 5.96. The van der Waals surface area contributed by atoms with Crippen LogP contribution < -0.4 is 5.46 Å². The molecule has 2 N–H and O–H groups in total. The molecule has 3 aromatic rings. The summed E-state index contributed by atoms with van der Waals surface area (Å²) in [6.45, 7) is 0. The fourth-order valence-corrected chi connectivity index (χ4v) is 2.20. The van der Waals surface area contributed by atoms with Crippen molar-refractivity contribution in [2.45, 2.75) is 0 Å². The number of fused-ring (bicyclic) bond motifs is 3. The number of rotatable bonds is 1. The van der Waals surface area contributed by atoms with E-state index in [0.29, 0.717) is 0 Å². The third-order valence-corrected chi connectivity index (χ3v) is 2.96. The predicted molar refractivity (Wildman–Crippen MR) is 71.3 cm³/mol. The smallest absolute Gasteiger partial charge is 0.423 e. The van der Waals surface area contributed by atoms with Gasteiger partial charge in [-0.15, -0.1) is 0 Å². The lowest BCUT2D eigenvalue weighted by molar-refractivity contribution is 0.426. The number of hydrogen-bond acceptors (Lipinski definition) is 2. The lowest BCUT2D eigenvalue weighted by atomic mass is 9.76. The molecule has 0 spiro atoms. The van der Waals surface area contributed by atoms with Crippen LogP contribution in [0.3, 0.4) is 0 Å². The van der Waals surface area contributed by atoms with Gasteiger partial charge in [-0.3, -0.25) is 0 Å². The predicted octanol–water partition coefficient (Wildman–Crippen LogP) is 1.67. The fourth-order valence-electron chi connectivity index (χ4n) is 2.20. The van der Waals surface area contributed by atoms with Gasteiger partial charge >= 0.3 is 7.12 Å². The first-order chi connectivity index (χ1) is 8.70. The van der Waals surface area contributed by atoms with Crippen molar-refractivity contribution in [3.05, 3.63) is 54.6 Å². The highest BCUT2D eigenvalue weighted by Gasteiger charge is 2.16. The van der Waals surface area contributed by atoms with Crippen molar-refractivity contribution in [1.29, 1.82) is 0 Å². The van der Waals surface area contributed by atoms with E-state index in [1.165, 1.54) is 0 Å². The van der Waals surface area contributed by atoms with Gasteiger partial charge in [0.1, 0.15) is 0 Å². The summed E-state index contributed by atoms with van der Waals surface area (Å²) in [4.78, 5) is 0. The normalized spacial score (nSPS) is 11.8. The van der Waals surface area contributed by atoms with Crippen LogP contribution in [-0.2, 0) is 0 Å². The summed E-state index contributed by atoms with van der Waals surface area (Å²) in [5.41, 5.74) is 0.268. The molecule has 0 saturated heterocycles. The first kappa shape index (κ1) is 9.22. The summed E-state index contributed by atoms with van der Waals surface area (Å²) >= 11 is 0. The molecule has 3 aromatic carbocycles. The van der Waals surface area contributed by atoms with Crippen LogP contribution in [-0.4, -0.2) is 17.2 Å². The van der Waals surface area contributed by atoms with Gasteiger partial charge in [0.2, 0.25) is 0 Å². The number of hydrogen-bond donors (Lipinski definition) is 2. The maximum Gasteiger partial charge on any atom is 0.489 e. The van der Waals surface area contributed by atoms with Crippen molar-refractivity contribution in [3.8, 4) is 0 Å². The van der Waals surface area contributed by atoms with Crippen LogP contribution in [0.25, 0.3) is 21.5 Å². The molecule has 0 unspecified atom stereocenters. The zero-order valence-corrected chi connectivity index (χ0v) is 9.09. The molecular weight excluding hydrogens is 211 g/mol. The minimum Gasteiger partial charge on any atom is -0.423 e. The Morgan fingerprint density at radius 1 is 0.824 bits per heavy atom. The molecule has 0 bridgehead atoms. The highest BCUT2D eigenvalue weighted by Crippen LogP contribution is 2.23. The molecule has 0 radical (unpaired) electrons. The van der Waals surface area contributed by atoms with Crippen molar-refractivity contribution >= 4 is 34.1 Å². The summed E-state index contributed by atoms with van der Waals surface area (Å²) in [5, 5.41) is 22.3. The zero-order valence-electron chi connectivity index (χ0n) is 10.1. The van der Waals surface area contributed by atoms with E-state index in [1.807, 2.05) is 48.5 Å². The molecule has 0 aliphatic carbocycles. The van der Waals surface area contributed by atoms with Gasteiger partial charge in [0, 0.05) is 0 Å². The van der Waals surface area contributed by atoms with Crippen LogP contribution in [0.15, 0.2) is 54.6 Å². The minimum absolute atomic E-state index is 0.180. The molecule has 0 saturated carbocycles. The Morgan fingerprint density at radius 2 is 1.41 bits per heavy atom. The molecular formula is C14H11BO2. The third kappa shape index (κ3) is 1.60. The van der Waals surface area contributed by atoms with Gasteiger partial charge in [-0.2, -0.15) is 0 Å². The molecule has 0 amide bonds. The zero-order chi connectivity index (χ0) is 12.7. The standard InChI is InChI=1S/C14H11BO2/c16-15(17)14-9-10-5-1-2-6-11(10)12-7-3-4-8-13(12)14/h1-9,16-17H/i9D. The van der Waals surface area contributed by atoms with Crippen LogP contribution in [0, 0.1) is 0 Å². The molecule has 0 atom stereocenters. The van der Waals surface area contributed by atoms with E-state index >= 15 is 0 Å². The molecule has 0 heterocycles. The summed E-state index contributed by atoms with van der Waals surface area (Å²) < 4.78 is 8.13. The number of benzene rings is 3. The summed E-state index contributed by atoms with van der Waals surface area (Å²) in [6.07, 6.45) is 0. The molecule has 0 aliphatic heterocycles. The van der Waals surface area contributed by atoms with E-state index < -0.39 is 7.12 Å². The molecule has 0 aromatic heterocycles. The van der Waals surface area contributed by atoms with E-state index in [0.717, 1.165) is 21.5 Å². The highest BCUT2D eigenvalue weighted by atomic mass is 16.4. The Kier molecular flexibility index (Phi) is 2.10. The van der Waals surface area contributed by atoms with Crippen molar-refractivity contribution in [2.24, 2.45) is 0 Å². The van der Waals surface area contributed by atoms with E-state index in [2.05, 4.69) is 0 Å². The first-order valence-corrected chi connectivity index (χ1v) is 5.46. The average Bonchev–Trinajstić information content (AvgIpc) is 2.39. The van der Waals surface area contributed by atoms with E-state index in [-0.39, 0.29) is 11.5 Å². The van der Waals surface area contributed by atoms with Crippen molar-refractivity contribution in [3.63, 3.8) is 0 Å². The van der Waals surface area contributed by atoms with Crippen LogP contribution >= 0.6 is 0 Å². The van der Waals surface area contributed by atoms with Gasteiger partial charge in [-0.25, -0.2) is 0 Å². The lowest BCUT2D eigenvalue weighted by Gasteiger charge is -2.09. The largest absolute Gasteiger partial charge is 0.489 e. The SMILES string of the molecule is [2H]c1c(B(O)O)c2ccccc2c2ccccc12. The van der Waals surface area contributed by atoms with E-state index in [1.54, 1.807) is 0 Å². The third-order valence-electron chi connectivity index (χ3n) is 2.96. The van der Waals surface area contributed by atoms with Gasteiger partial charge in [-0.05, 0) is 27.0 Å². The van der Waals surface area contributed by atoms with E-state index in [9.17, 15) is 10.0 Å². The molecule has 0 aliphatic rings. The van der Waals surface area contributed by atoms with Gasteiger partial charge in [0.05, 0.1) is 1.37 Å². The topological polar surface area (TPSA) is 40.5 Å². The maximum absolute atomic E-state index is 9.50. The van der Waals surface area contributed by atoms with Gasteiger partial charge in [0.25, 0.3) is 0 Å². The Hall–Kier alpha value is -1.84. The molecule has 17 heavy (non-hydrogen) atoms. The van der Waals surface area contributed by atoms with Crippen LogP contribution in [0.2, 0.25) is 0 Å². The van der Waals surface area contributed by atoms with Gasteiger partial charge < -0.3 is 10.0 Å². The molecule has 3 rings (SSSR count). The maximum atomic E-state index is 9.50. The van der Waals surface area contributed by atoms with E-state index in [4.69, 9.17) is 1.37 Å². The second-order valence-electron chi connectivity index (χ2n) is 4.00. The lowest BCUT2D eigenvalue weighted by Crippen LogP contribution is -2.30. The van der Waals surface area contributed by atoms with Crippen LogP contribution in [0.4, 0.5) is 0 Å². The summed E-state index contributed by atoms with van der Waals surface area (Å²) in [6, 6.07) is 15.2. The second-order valence-corrected chi connectivity index (χ2v) is 4.00. The molecule has 82 valence electrons. The summed E-state index contributed by atoms with van der Waals surface area (Å²) in [7, 11) is -1.63. The van der Waals surface area contributed by atoms with Crippen molar-refractivity contribution in [1.82, 2.24) is 0 Å². The Balaban J connectivity index is 2.62. The molecule has 2 nitrogen and oxygen atoms in total. The van der Waals surface area contributed by atoms with Crippen LogP contribution in [0.1, 0.15) is 1.37 Å². The average molecular weight is 223 g/mol. The quantitative estimate of drug-likeness (QED) is 0.486. The monoisotopic (exact) mass is 223 g/mol. The minimum atomic E-state index is -1.63. The fraction of sp³-hybridized carbons (Fsp3) is 0. The molecule has 0 fully saturated rings. The highest BCUT2D eigenvalue weighted by molar-refractivity contribution is 6.62. The van der Waals surface area contributed by atoms with Crippen molar-refractivity contribution in [2.75, 3.05) is 0 Å². The van der Waals surface area contributed by atoms with Crippen molar-refractivity contribution < 1.29 is 11.4 Å². The summed E-state index contributed by atoms with van der Waals surface area (Å²) in [5.74, 6) is 0. The Labute approximate surface area is 101 Å². The van der Waals surface area contributed by atoms with Gasteiger partial charge in [-0.1, -0.05) is 54.6 Å². The van der Waals surface area contributed by atoms with Crippen LogP contribution in [0.5, 0.6) is 0 Å². The Bertz CT molecular complexity index is 740. The van der Waals surface area contributed by atoms with Gasteiger partial charge in [0.15, 0.2) is 0 Å². The molecule has 3 heteroatoms. The Morgan fingerprint density at radius 3 is 2.12 bits per heavy atom.